The number of halogens is 3. The molecule has 0 aliphatic carbocycles. The maximum atomic E-state index is 13.2. The van der Waals surface area contributed by atoms with E-state index in [-0.39, 0.29) is 0 Å². The number of aromatic nitrogens is 2. The third kappa shape index (κ3) is 3.22. The second-order valence-electron chi connectivity index (χ2n) is 4.95. The molecule has 1 aromatic heterocycles. The van der Waals surface area contributed by atoms with E-state index in [2.05, 4.69) is 5.10 Å². The minimum absolute atomic E-state index is 0.389. The zero-order valence-corrected chi connectivity index (χ0v) is 13.0. The molecule has 1 aromatic carbocycles. The molecule has 9 heteroatoms. The number of rotatable bonds is 3. The number of alkyl halides is 3. The van der Waals surface area contributed by atoms with E-state index in [0.717, 1.165) is 7.05 Å². The lowest BCUT2D eigenvalue weighted by molar-refractivity contribution is -0.140. The Labute approximate surface area is 130 Å². The highest BCUT2D eigenvalue weighted by molar-refractivity contribution is 7.90. The first-order chi connectivity index (χ1) is 10.6. The van der Waals surface area contributed by atoms with Gasteiger partial charge in [0, 0.05) is 7.05 Å². The largest absolute Gasteiger partial charge is 0.422 e. The molecule has 5 nitrogen and oxygen atoms in total. The highest BCUT2D eigenvalue weighted by atomic mass is 32.2. The van der Waals surface area contributed by atoms with Crippen LogP contribution < -0.4 is 0 Å². The highest BCUT2D eigenvalue weighted by Crippen LogP contribution is 2.37. The van der Waals surface area contributed by atoms with Gasteiger partial charge in [-0.3, -0.25) is 4.68 Å². The zero-order chi connectivity index (χ0) is 17.4. The van der Waals surface area contributed by atoms with Crippen molar-refractivity contribution in [2.24, 2.45) is 7.05 Å². The third-order valence-electron chi connectivity index (χ3n) is 3.29. The first-order valence-electron chi connectivity index (χ1n) is 6.39. The normalized spacial score (nSPS) is 12.2. The van der Waals surface area contributed by atoms with Crippen molar-refractivity contribution in [3.63, 3.8) is 0 Å². The Hall–Kier alpha value is -2.34. The molecule has 0 atom stereocenters. The lowest BCUT2D eigenvalue weighted by Gasteiger charge is -2.11. The van der Waals surface area contributed by atoms with Gasteiger partial charge in [0.1, 0.15) is 11.6 Å². The molecule has 122 valence electrons. The first-order valence-corrected chi connectivity index (χ1v) is 8.04. The fraction of sp³-hybridized carbons (Fsp3) is 0.286. The number of hydrogen-bond donors (Lipinski definition) is 0. The Kier molecular flexibility index (Phi) is 4.22. The summed E-state index contributed by atoms with van der Waals surface area (Å²) in [4.78, 5) is 0. The second kappa shape index (κ2) is 5.70. The molecule has 1 heterocycles. The Balaban J connectivity index is 2.64. The van der Waals surface area contributed by atoms with E-state index in [9.17, 15) is 21.6 Å². The molecule has 0 unspecified atom stereocenters. The fourth-order valence-electron chi connectivity index (χ4n) is 2.24. The molecule has 0 saturated carbocycles. The molecular weight excluding hydrogens is 331 g/mol. The van der Waals surface area contributed by atoms with Crippen molar-refractivity contribution in [1.29, 1.82) is 5.26 Å². The summed E-state index contributed by atoms with van der Waals surface area (Å²) in [7, 11) is -3.27. The Morgan fingerprint density at radius 1 is 1.30 bits per heavy atom. The molecule has 2 aromatic rings. The maximum absolute atomic E-state index is 13.2. The van der Waals surface area contributed by atoms with Crippen LogP contribution in [0.25, 0.3) is 0 Å². The van der Waals surface area contributed by atoms with Crippen LogP contribution in [0.4, 0.5) is 13.2 Å². The van der Waals surface area contributed by atoms with Crippen LogP contribution >= 0.6 is 0 Å². The van der Waals surface area contributed by atoms with Gasteiger partial charge in [-0.2, -0.15) is 23.5 Å². The van der Waals surface area contributed by atoms with Crippen molar-refractivity contribution in [3.05, 3.63) is 46.6 Å². The van der Waals surface area contributed by atoms with Gasteiger partial charge >= 0.3 is 6.18 Å². The molecular formula is C14H12F3N3O2S. The van der Waals surface area contributed by atoms with E-state index < -0.39 is 38.0 Å². The molecule has 0 spiro atoms. The predicted octanol–water partition coefficient (Wildman–Crippen LogP) is 2.59. The van der Waals surface area contributed by atoms with Crippen LogP contribution in [-0.4, -0.2) is 18.2 Å². The summed E-state index contributed by atoms with van der Waals surface area (Å²) in [6.45, 7) is 1.67. The molecule has 0 saturated heterocycles. The number of benzene rings is 1. The smallest absolute Gasteiger partial charge is 0.255 e. The van der Waals surface area contributed by atoms with E-state index >= 15 is 0 Å². The molecule has 23 heavy (non-hydrogen) atoms. The monoisotopic (exact) mass is 343 g/mol. The summed E-state index contributed by atoms with van der Waals surface area (Å²) in [5, 5.41) is 11.2. The van der Waals surface area contributed by atoms with E-state index in [1.54, 1.807) is 25.1 Å². The van der Waals surface area contributed by atoms with E-state index in [4.69, 9.17) is 5.26 Å². The van der Waals surface area contributed by atoms with Crippen molar-refractivity contribution in [3.8, 4) is 6.07 Å². The minimum Gasteiger partial charge on any atom is -0.255 e. The number of nitriles is 1. The average molecular weight is 343 g/mol. The fourth-order valence-corrected chi connectivity index (χ4v) is 4.08. The van der Waals surface area contributed by atoms with Crippen LogP contribution in [0.15, 0.2) is 29.3 Å². The van der Waals surface area contributed by atoms with Crippen molar-refractivity contribution < 1.29 is 21.6 Å². The van der Waals surface area contributed by atoms with Crippen molar-refractivity contribution in [2.45, 2.75) is 23.9 Å². The summed E-state index contributed by atoms with van der Waals surface area (Å²) in [6.07, 6.45) is -4.99. The molecule has 2 rings (SSSR count). The van der Waals surface area contributed by atoms with Crippen molar-refractivity contribution in [1.82, 2.24) is 9.78 Å². The van der Waals surface area contributed by atoms with Gasteiger partial charge in [0.2, 0.25) is 0 Å². The molecule has 0 bridgehead atoms. The molecule has 0 N–H and O–H groups in total. The number of sulfone groups is 1. The van der Waals surface area contributed by atoms with E-state index in [0.29, 0.717) is 15.8 Å². The van der Waals surface area contributed by atoms with Gasteiger partial charge in [0.15, 0.2) is 20.6 Å². The van der Waals surface area contributed by atoms with Gasteiger partial charge in [0.25, 0.3) is 0 Å². The zero-order valence-electron chi connectivity index (χ0n) is 12.2. The van der Waals surface area contributed by atoms with Gasteiger partial charge in [-0.25, -0.2) is 8.42 Å². The van der Waals surface area contributed by atoms with Crippen LogP contribution in [0, 0.1) is 18.3 Å². The highest BCUT2D eigenvalue weighted by Gasteiger charge is 2.43. The summed E-state index contributed by atoms with van der Waals surface area (Å²) < 4.78 is 65.2. The van der Waals surface area contributed by atoms with E-state index in [1.807, 2.05) is 0 Å². The van der Waals surface area contributed by atoms with Crippen molar-refractivity contribution in [2.75, 3.05) is 0 Å². The third-order valence-corrected chi connectivity index (χ3v) is 5.03. The van der Waals surface area contributed by atoms with Crippen molar-refractivity contribution >= 4 is 9.84 Å². The SMILES string of the molecule is Cc1ccccc1CS(=O)(=O)c1c(C(F)(F)F)c(C#N)nn1C. The number of nitrogens with zero attached hydrogens (tertiary/aromatic N) is 3. The van der Waals surface area contributed by atoms with Gasteiger partial charge in [-0.1, -0.05) is 24.3 Å². The van der Waals surface area contributed by atoms with Crippen LogP contribution in [0.5, 0.6) is 0 Å². The molecule has 0 fully saturated rings. The number of aryl methyl sites for hydroxylation is 2. The molecule has 0 aliphatic heterocycles. The predicted molar refractivity (Wildman–Crippen MR) is 75.0 cm³/mol. The van der Waals surface area contributed by atoms with Gasteiger partial charge < -0.3 is 0 Å². The summed E-state index contributed by atoms with van der Waals surface area (Å²) in [5.74, 6) is -0.604. The first kappa shape index (κ1) is 17.0. The van der Waals surface area contributed by atoms with Gasteiger partial charge in [-0.05, 0) is 18.1 Å². The lowest BCUT2D eigenvalue weighted by Crippen LogP contribution is -2.17. The molecule has 0 amide bonds. The maximum Gasteiger partial charge on any atom is 0.422 e. The van der Waals surface area contributed by atoms with Crippen LogP contribution in [0.2, 0.25) is 0 Å². The molecule has 0 radical (unpaired) electrons. The Bertz CT molecular complexity index is 893. The van der Waals surface area contributed by atoms with E-state index in [1.165, 1.54) is 12.1 Å². The Morgan fingerprint density at radius 2 is 1.91 bits per heavy atom. The number of hydrogen-bond acceptors (Lipinski definition) is 4. The Morgan fingerprint density at radius 3 is 2.43 bits per heavy atom. The van der Waals surface area contributed by atoms with Crippen LogP contribution in [0.3, 0.4) is 0 Å². The van der Waals surface area contributed by atoms with Crippen LogP contribution in [0.1, 0.15) is 22.4 Å². The van der Waals surface area contributed by atoms with Crippen LogP contribution in [-0.2, 0) is 28.8 Å². The average Bonchev–Trinajstić information content (AvgIpc) is 2.79. The lowest BCUT2D eigenvalue weighted by atomic mass is 10.1. The second-order valence-corrected chi connectivity index (χ2v) is 6.85. The summed E-state index contributed by atoms with van der Waals surface area (Å²) in [6, 6.07) is 7.79. The molecule has 0 aliphatic rings. The van der Waals surface area contributed by atoms with Gasteiger partial charge in [-0.15, -0.1) is 0 Å². The standard InChI is InChI=1S/C14H12F3N3O2S/c1-9-5-3-4-6-10(9)8-23(21,22)13-12(14(15,16)17)11(7-18)19-20(13)2/h3-6H,8H2,1-2H3. The quantitative estimate of drug-likeness (QED) is 0.858. The summed E-state index contributed by atoms with van der Waals surface area (Å²) >= 11 is 0. The summed E-state index contributed by atoms with van der Waals surface area (Å²) in [5.41, 5.74) is -1.44. The topological polar surface area (TPSA) is 75.8 Å². The van der Waals surface area contributed by atoms with Gasteiger partial charge in [0.05, 0.1) is 5.75 Å². The minimum atomic E-state index is -4.99.